The number of aliphatic carboxylic acids is 1. The van der Waals surface area contributed by atoms with Crippen molar-refractivity contribution in [3.05, 3.63) is 41.7 Å². The molecular formula is C9H6FO2. The topological polar surface area (TPSA) is 37.3 Å². The van der Waals surface area contributed by atoms with Crippen LogP contribution in [-0.4, -0.2) is 11.1 Å². The molecule has 1 radical (unpaired) electrons. The fraction of sp³-hybridized carbons (Fsp3) is 0. The minimum atomic E-state index is -1.10. The Labute approximate surface area is 69.0 Å². The molecule has 1 aromatic rings. The van der Waals surface area contributed by atoms with Gasteiger partial charge >= 0.3 is 5.97 Å². The number of benzene rings is 1. The lowest BCUT2D eigenvalue weighted by Gasteiger charge is -1.92. The number of hydrogen-bond acceptors (Lipinski definition) is 1. The Morgan fingerprint density at radius 3 is 3.00 bits per heavy atom. The van der Waals surface area contributed by atoms with E-state index in [0.717, 1.165) is 12.1 Å². The second kappa shape index (κ2) is 3.67. The molecule has 0 atom stereocenters. The van der Waals surface area contributed by atoms with Crippen LogP contribution in [0.3, 0.4) is 0 Å². The van der Waals surface area contributed by atoms with Gasteiger partial charge in [0, 0.05) is 11.6 Å². The van der Waals surface area contributed by atoms with Crippen molar-refractivity contribution < 1.29 is 14.3 Å². The van der Waals surface area contributed by atoms with Gasteiger partial charge in [0.1, 0.15) is 5.82 Å². The van der Waals surface area contributed by atoms with E-state index in [9.17, 15) is 9.18 Å². The van der Waals surface area contributed by atoms with E-state index in [1.165, 1.54) is 18.2 Å². The highest BCUT2D eigenvalue weighted by atomic mass is 19.1. The molecule has 0 heterocycles. The van der Waals surface area contributed by atoms with Gasteiger partial charge in [0.15, 0.2) is 0 Å². The summed E-state index contributed by atoms with van der Waals surface area (Å²) in [5.74, 6) is -1.57. The van der Waals surface area contributed by atoms with Crippen LogP contribution in [0.4, 0.5) is 4.39 Å². The first-order valence-electron chi connectivity index (χ1n) is 3.27. The lowest BCUT2D eigenvalue weighted by atomic mass is 10.2. The Kier molecular flexibility index (Phi) is 2.58. The van der Waals surface area contributed by atoms with E-state index < -0.39 is 11.8 Å². The highest BCUT2D eigenvalue weighted by Crippen LogP contribution is 2.07. The van der Waals surface area contributed by atoms with Crippen LogP contribution < -0.4 is 0 Å². The third-order valence-electron chi connectivity index (χ3n) is 1.25. The Hall–Kier alpha value is -1.64. The monoisotopic (exact) mass is 165 g/mol. The normalized spacial score (nSPS) is 10.4. The SMILES string of the molecule is O=C(O)/C=C/c1cc[c]cc1F. The Balaban J connectivity index is 2.89. The summed E-state index contributed by atoms with van der Waals surface area (Å²) in [6.45, 7) is 0. The van der Waals surface area contributed by atoms with E-state index in [-0.39, 0.29) is 5.56 Å². The van der Waals surface area contributed by atoms with E-state index in [1.54, 1.807) is 0 Å². The van der Waals surface area contributed by atoms with Gasteiger partial charge in [-0.15, -0.1) is 0 Å². The molecule has 12 heavy (non-hydrogen) atoms. The maximum atomic E-state index is 12.8. The van der Waals surface area contributed by atoms with Crippen LogP contribution in [0, 0.1) is 11.9 Å². The van der Waals surface area contributed by atoms with Crippen molar-refractivity contribution in [2.75, 3.05) is 0 Å². The first kappa shape index (κ1) is 8.46. The molecule has 61 valence electrons. The molecule has 0 fully saturated rings. The molecule has 1 rings (SSSR count). The number of carboxylic acids is 1. The second-order valence-electron chi connectivity index (χ2n) is 2.12. The first-order chi connectivity index (χ1) is 5.70. The zero-order valence-electron chi connectivity index (χ0n) is 6.12. The highest BCUT2D eigenvalue weighted by Gasteiger charge is 1.95. The van der Waals surface area contributed by atoms with Gasteiger partial charge in [0.2, 0.25) is 0 Å². The minimum Gasteiger partial charge on any atom is -0.478 e. The van der Waals surface area contributed by atoms with Gasteiger partial charge in [-0.25, -0.2) is 9.18 Å². The minimum absolute atomic E-state index is 0.246. The van der Waals surface area contributed by atoms with Crippen molar-refractivity contribution in [2.45, 2.75) is 0 Å². The van der Waals surface area contributed by atoms with E-state index in [2.05, 4.69) is 6.07 Å². The van der Waals surface area contributed by atoms with Crippen molar-refractivity contribution in [3.63, 3.8) is 0 Å². The summed E-state index contributed by atoms with van der Waals surface area (Å²) in [6, 6.07) is 6.66. The zero-order valence-corrected chi connectivity index (χ0v) is 6.12. The van der Waals surface area contributed by atoms with Crippen molar-refractivity contribution in [1.29, 1.82) is 0 Å². The molecule has 0 unspecified atom stereocenters. The first-order valence-corrected chi connectivity index (χ1v) is 3.27. The van der Waals surface area contributed by atoms with Gasteiger partial charge in [-0.1, -0.05) is 12.1 Å². The van der Waals surface area contributed by atoms with Gasteiger partial charge in [0.05, 0.1) is 0 Å². The third-order valence-corrected chi connectivity index (χ3v) is 1.25. The van der Waals surface area contributed by atoms with Crippen molar-refractivity contribution in [3.8, 4) is 0 Å². The average molecular weight is 165 g/mol. The van der Waals surface area contributed by atoms with E-state index in [4.69, 9.17) is 5.11 Å². The molecule has 0 saturated carbocycles. The summed E-state index contributed by atoms with van der Waals surface area (Å²) < 4.78 is 12.8. The molecule has 3 heteroatoms. The summed E-state index contributed by atoms with van der Waals surface area (Å²) in [5.41, 5.74) is 0.246. The smallest absolute Gasteiger partial charge is 0.328 e. The van der Waals surface area contributed by atoms with Crippen molar-refractivity contribution in [2.24, 2.45) is 0 Å². The summed E-state index contributed by atoms with van der Waals surface area (Å²) in [5, 5.41) is 8.25. The molecule has 1 aromatic carbocycles. The molecule has 1 N–H and O–H groups in total. The fourth-order valence-electron chi connectivity index (χ4n) is 0.718. The molecule has 0 aliphatic rings. The van der Waals surface area contributed by atoms with Crippen molar-refractivity contribution >= 4 is 12.0 Å². The third kappa shape index (κ3) is 2.20. The number of rotatable bonds is 2. The molecule has 0 aliphatic heterocycles. The van der Waals surface area contributed by atoms with Crippen LogP contribution >= 0.6 is 0 Å². The predicted molar refractivity (Wildman–Crippen MR) is 41.9 cm³/mol. The highest BCUT2D eigenvalue weighted by molar-refractivity contribution is 5.85. The molecule has 2 nitrogen and oxygen atoms in total. The average Bonchev–Trinajstić information content (AvgIpc) is 2.03. The standard InChI is InChI=1S/C9H6FO2/c10-8-4-2-1-3-7(8)5-6-9(11)12/h1,3-6H,(H,11,12)/b6-5+. The van der Waals surface area contributed by atoms with Crippen LogP contribution in [0.5, 0.6) is 0 Å². The van der Waals surface area contributed by atoms with Gasteiger partial charge in [-0.3, -0.25) is 0 Å². The summed E-state index contributed by atoms with van der Waals surface area (Å²) >= 11 is 0. The summed E-state index contributed by atoms with van der Waals surface area (Å²) in [7, 11) is 0. The lowest BCUT2D eigenvalue weighted by molar-refractivity contribution is -0.131. The molecule has 0 aliphatic carbocycles. The van der Waals surface area contributed by atoms with Crippen LogP contribution in [-0.2, 0) is 4.79 Å². The lowest BCUT2D eigenvalue weighted by Crippen LogP contribution is -1.87. The van der Waals surface area contributed by atoms with Crippen LogP contribution in [0.2, 0.25) is 0 Å². The maximum absolute atomic E-state index is 12.8. The molecule has 0 spiro atoms. The maximum Gasteiger partial charge on any atom is 0.328 e. The molecule has 0 bridgehead atoms. The van der Waals surface area contributed by atoms with Gasteiger partial charge in [0.25, 0.3) is 0 Å². The summed E-state index contributed by atoms with van der Waals surface area (Å²) in [4.78, 5) is 10.1. The summed E-state index contributed by atoms with van der Waals surface area (Å²) in [6.07, 6.45) is 2.09. The number of halogens is 1. The van der Waals surface area contributed by atoms with Crippen molar-refractivity contribution in [1.82, 2.24) is 0 Å². The predicted octanol–water partition coefficient (Wildman–Crippen LogP) is 1.72. The Bertz CT molecular complexity index is 318. The largest absolute Gasteiger partial charge is 0.478 e. The number of carboxylic acid groups (broad SMARTS) is 1. The molecule has 0 amide bonds. The Morgan fingerprint density at radius 1 is 1.67 bits per heavy atom. The van der Waals surface area contributed by atoms with Crippen LogP contribution in [0.1, 0.15) is 5.56 Å². The molecule has 0 saturated heterocycles. The van der Waals surface area contributed by atoms with Crippen LogP contribution in [0.25, 0.3) is 6.08 Å². The number of hydrogen-bond donors (Lipinski definition) is 1. The van der Waals surface area contributed by atoms with Gasteiger partial charge in [-0.05, 0) is 18.2 Å². The quantitative estimate of drug-likeness (QED) is 0.677. The van der Waals surface area contributed by atoms with Gasteiger partial charge in [-0.2, -0.15) is 0 Å². The molecule has 0 aromatic heterocycles. The van der Waals surface area contributed by atoms with E-state index >= 15 is 0 Å². The fourth-order valence-corrected chi connectivity index (χ4v) is 0.718. The molecular weight excluding hydrogens is 159 g/mol. The number of carbonyl (C=O) groups is 1. The van der Waals surface area contributed by atoms with E-state index in [0.29, 0.717) is 0 Å². The van der Waals surface area contributed by atoms with Crippen LogP contribution in [0.15, 0.2) is 24.3 Å². The Morgan fingerprint density at radius 2 is 2.42 bits per heavy atom. The van der Waals surface area contributed by atoms with E-state index in [1.807, 2.05) is 0 Å². The zero-order chi connectivity index (χ0) is 8.97. The second-order valence-corrected chi connectivity index (χ2v) is 2.12. The van der Waals surface area contributed by atoms with Gasteiger partial charge < -0.3 is 5.11 Å².